The molecular weight excluding hydrogens is 214 g/mol. The first-order valence-electron chi connectivity index (χ1n) is 4.04. The van der Waals surface area contributed by atoms with E-state index in [2.05, 4.69) is 54.7 Å². The minimum atomic E-state index is 0.144. The second kappa shape index (κ2) is 3.17. The van der Waals surface area contributed by atoms with Gasteiger partial charge in [0.25, 0.3) is 0 Å². The van der Waals surface area contributed by atoms with Crippen LogP contribution in [0.15, 0.2) is 16.7 Å². The molecule has 0 atom stereocenters. The summed E-state index contributed by atoms with van der Waals surface area (Å²) < 4.78 is 1.05. The monoisotopic (exact) mass is 227 g/mol. The number of hydrogen-bond donors (Lipinski definition) is 0. The SMILES string of the molecule is Cc1cc(Br)cnc1C(C)(C)C. The van der Waals surface area contributed by atoms with Crippen molar-refractivity contribution in [3.8, 4) is 0 Å². The highest BCUT2D eigenvalue weighted by molar-refractivity contribution is 9.10. The Morgan fingerprint density at radius 1 is 1.33 bits per heavy atom. The highest BCUT2D eigenvalue weighted by Crippen LogP contribution is 2.24. The molecule has 1 heterocycles. The van der Waals surface area contributed by atoms with E-state index < -0.39 is 0 Å². The minimum absolute atomic E-state index is 0.144. The van der Waals surface area contributed by atoms with Gasteiger partial charge in [-0.1, -0.05) is 20.8 Å². The molecule has 0 amide bonds. The van der Waals surface area contributed by atoms with Gasteiger partial charge in [0.05, 0.1) is 0 Å². The first-order valence-corrected chi connectivity index (χ1v) is 4.83. The van der Waals surface area contributed by atoms with Gasteiger partial charge in [-0.25, -0.2) is 0 Å². The van der Waals surface area contributed by atoms with Crippen LogP contribution in [0.1, 0.15) is 32.0 Å². The topological polar surface area (TPSA) is 12.9 Å². The predicted octanol–water partition coefficient (Wildman–Crippen LogP) is 3.45. The molecular formula is C10H14BrN. The second-order valence-electron chi connectivity index (χ2n) is 4.07. The predicted molar refractivity (Wildman–Crippen MR) is 55.4 cm³/mol. The van der Waals surface area contributed by atoms with E-state index in [1.807, 2.05) is 6.20 Å². The van der Waals surface area contributed by atoms with E-state index in [1.54, 1.807) is 0 Å². The number of hydrogen-bond acceptors (Lipinski definition) is 1. The van der Waals surface area contributed by atoms with Gasteiger partial charge in [-0.3, -0.25) is 4.98 Å². The first-order chi connectivity index (χ1) is 5.41. The van der Waals surface area contributed by atoms with Crippen LogP contribution in [0.3, 0.4) is 0 Å². The van der Waals surface area contributed by atoms with Gasteiger partial charge in [-0.15, -0.1) is 0 Å². The molecule has 0 unspecified atom stereocenters. The third-order valence-corrected chi connectivity index (χ3v) is 2.19. The van der Waals surface area contributed by atoms with E-state index in [0.717, 1.165) is 4.47 Å². The van der Waals surface area contributed by atoms with Gasteiger partial charge in [0, 0.05) is 21.8 Å². The maximum Gasteiger partial charge on any atom is 0.0487 e. The van der Waals surface area contributed by atoms with E-state index >= 15 is 0 Å². The third kappa shape index (κ3) is 2.07. The van der Waals surface area contributed by atoms with Gasteiger partial charge >= 0.3 is 0 Å². The van der Waals surface area contributed by atoms with E-state index in [9.17, 15) is 0 Å². The van der Waals surface area contributed by atoms with Crippen molar-refractivity contribution in [3.63, 3.8) is 0 Å². The molecule has 0 aliphatic heterocycles. The van der Waals surface area contributed by atoms with Crippen molar-refractivity contribution in [3.05, 3.63) is 28.0 Å². The maximum atomic E-state index is 4.40. The van der Waals surface area contributed by atoms with E-state index in [-0.39, 0.29) is 5.41 Å². The van der Waals surface area contributed by atoms with Crippen molar-refractivity contribution < 1.29 is 0 Å². The molecule has 0 fully saturated rings. The minimum Gasteiger partial charge on any atom is -0.259 e. The first kappa shape index (κ1) is 9.72. The van der Waals surface area contributed by atoms with Gasteiger partial charge in [-0.2, -0.15) is 0 Å². The Labute approximate surface area is 82.3 Å². The second-order valence-corrected chi connectivity index (χ2v) is 4.98. The van der Waals surface area contributed by atoms with Crippen molar-refractivity contribution >= 4 is 15.9 Å². The summed E-state index contributed by atoms with van der Waals surface area (Å²) in [5, 5.41) is 0. The van der Waals surface area contributed by atoms with Crippen molar-refractivity contribution in [2.45, 2.75) is 33.1 Å². The molecule has 0 aliphatic carbocycles. The number of nitrogens with zero attached hydrogens (tertiary/aromatic N) is 1. The Hall–Kier alpha value is -0.370. The van der Waals surface area contributed by atoms with Crippen LogP contribution >= 0.6 is 15.9 Å². The molecule has 0 saturated heterocycles. The summed E-state index contributed by atoms with van der Waals surface area (Å²) in [5.41, 5.74) is 2.56. The lowest BCUT2D eigenvalue weighted by Gasteiger charge is -2.19. The van der Waals surface area contributed by atoms with E-state index in [1.165, 1.54) is 11.3 Å². The molecule has 66 valence electrons. The van der Waals surface area contributed by atoms with Crippen LogP contribution in [0, 0.1) is 6.92 Å². The van der Waals surface area contributed by atoms with Crippen molar-refractivity contribution in [1.29, 1.82) is 0 Å². The zero-order valence-electron chi connectivity index (χ0n) is 7.98. The van der Waals surface area contributed by atoms with Gasteiger partial charge in [0.15, 0.2) is 0 Å². The van der Waals surface area contributed by atoms with Gasteiger partial charge < -0.3 is 0 Å². The fourth-order valence-electron chi connectivity index (χ4n) is 1.33. The average molecular weight is 228 g/mol. The normalized spacial score (nSPS) is 11.8. The van der Waals surface area contributed by atoms with Crippen LogP contribution in [0.25, 0.3) is 0 Å². The van der Waals surface area contributed by atoms with Crippen LogP contribution in [-0.4, -0.2) is 4.98 Å². The zero-order valence-corrected chi connectivity index (χ0v) is 9.57. The van der Waals surface area contributed by atoms with Gasteiger partial charge in [0.1, 0.15) is 0 Å². The lowest BCUT2D eigenvalue weighted by atomic mass is 9.89. The van der Waals surface area contributed by atoms with Crippen molar-refractivity contribution in [2.75, 3.05) is 0 Å². The Bertz CT molecular complexity index is 286. The zero-order chi connectivity index (χ0) is 9.35. The molecule has 0 aliphatic rings. The molecule has 1 rings (SSSR count). The van der Waals surface area contributed by atoms with Gasteiger partial charge in [-0.05, 0) is 34.5 Å². The summed E-state index contributed by atoms with van der Waals surface area (Å²) in [6.45, 7) is 8.63. The van der Waals surface area contributed by atoms with Crippen LogP contribution in [-0.2, 0) is 5.41 Å². The van der Waals surface area contributed by atoms with Crippen LogP contribution in [0.5, 0.6) is 0 Å². The van der Waals surface area contributed by atoms with Crippen LogP contribution in [0.2, 0.25) is 0 Å². The quantitative estimate of drug-likeness (QED) is 0.662. The molecule has 0 N–H and O–H groups in total. The molecule has 2 heteroatoms. The lowest BCUT2D eigenvalue weighted by molar-refractivity contribution is 0.564. The summed E-state index contributed by atoms with van der Waals surface area (Å²) in [7, 11) is 0. The lowest BCUT2D eigenvalue weighted by Crippen LogP contribution is -2.15. The average Bonchev–Trinajstić information content (AvgIpc) is 1.83. The Morgan fingerprint density at radius 2 is 1.92 bits per heavy atom. The standard InChI is InChI=1S/C10H14BrN/c1-7-5-8(11)6-12-9(7)10(2,3)4/h5-6H,1-4H3. The van der Waals surface area contributed by atoms with E-state index in [0.29, 0.717) is 0 Å². The molecule has 1 aromatic rings. The van der Waals surface area contributed by atoms with Crippen molar-refractivity contribution in [2.24, 2.45) is 0 Å². The molecule has 0 aromatic carbocycles. The summed E-state index contributed by atoms with van der Waals surface area (Å²) >= 11 is 3.40. The molecule has 0 bridgehead atoms. The highest BCUT2D eigenvalue weighted by Gasteiger charge is 2.17. The molecule has 0 saturated carbocycles. The largest absolute Gasteiger partial charge is 0.259 e. The fraction of sp³-hybridized carbons (Fsp3) is 0.500. The van der Waals surface area contributed by atoms with E-state index in [4.69, 9.17) is 0 Å². The number of halogens is 1. The molecule has 0 radical (unpaired) electrons. The van der Waals surface area contributed by atoms with Crippen LogP contribution < -0.4 is 0 Å². The Kier molecular flexibility index (Phi) is 2.57. The third-order valence-electron chi connectivity index (χ3n) is 1.76. The fourth-order valence-corrected chi connectivity index (χ4v) is 1.77. The van der Waals surface area contributed by atoms with Crippen molar-refractivity contribution in [1.82, 2.24) is 4.98 Å². The number of pyridine rings is 1. The van der Waals surface area contributed by atoms with Crippen LogP contribution in [0.4, 0.5) is 0 Å². The summed E-state index contributed by atoms with van der Waals surface area (Å²) in [6.07, 6.45) is 1.85. The van der Waals surface area contributed by atoms with Gasteiger partial charge in [0.2, 0.25) is 0 Å². The Balaban J connectivity index is 3.19. The smallest absolute Gasteiger partial charge is 0.0487 e. The molecule has 0 spiro atoms. The number of aromatic nitrogens is 1. The maximum absolute atomic E-state index is 4.40. The highest BCUT2D eigenvalue weighted by atomic mass is 79.9. The molecule has 1 aromatic heterocycles. The summed E-state index contributed by atoms with van der Waals surface area (Å²) in [4.78, 5) is 4.40. The Morgan fingerprint density at radius 3 is 2.33 bits per heavy atom. The number of aryl methyl sites for hydroxylation is 1. The molecule has 12 heavy (non-hydrogen) atoms. The summed E-state index contributed by atoms with van der Waals surface area (Å²) in [5.74, 6) is 0. The number of rotatable bonds is 0. The summed E-state index contributed by atoms with van der Waals surface area (Å²) in [6, 6.07) is 2.10. The molecule has 1 nitrogen and oxygen atoms in total.